The molecule has 1 N–H and O–H groups in total. The fourth-order valence-electron chi connectivity index (χ4n) is 7.67. The molecule has 3 amide bonds. The van der Waals surface area contributed by atoms with Crippen molar-refractivity contribution in [3.8, 4) is 0 Å². The molecule has 3 aliphatic heterocycles. The van der Waals surface area contributed by atoms with E-state index in [2.05, 4.69) is 13.2 Å². The summed E-state index contributed by atoms with van der Waals surface area (Å²) in [6.45, 7) is 18.4. The smallest absolute Gasteiger partial charge is 0.253 e. The predicted molar refractivity (Wildman–Crippen MR) is 165 cm³/mol. The molecule has 1 spiro atoms. The van der Waals surface area contributed by atoms with Crippen LogP contribution in [0.1, 0.15) is 53.9 Å². The van der Waals surface area contributed by atoms with Gasteiger partial charge in [-0.25, -0.2) is 0 Å². The van der Waals surface area contributed by atoms with Gasteiger partial charge >= 0.3 is 0 Å². The Balaban J connectivity index is 1.92. The van der Waals surface area contributed by atoms with E-state index in [4.69, 9.17) is 16.3 Å². The minimum absolute atomic E-state index is 0.0951. The molecule has 4 rings (SSSR count). The van der Waals surface area contributed by atoms with Crippen LogP contribution in [0.25, 0.3) is 0 Å². The fourth-order valence-corrected chi connectivity index (χ4v) is 7.91. The first-order valence-corrected chi connectivity index (χ1v) is 15.6. The van der Waals surface area contributed by atoms with E-state index < -0.39 is 35.1 Å². The van der Waals surface area contributed by atoms with Crippen molar-refractivity contribution in [2.24, 2.45) is 23.7 Å². The molecule has 2 bridgehead atoms. The molecule has 3 aliphatic rings. The number of para-hydroxylation sites is 1. The number of hydrogen-bond acceptors (Lipinski definition) is 5. The second kappa shape index (κ2) is 12.5. The third-order valence-electron chi connectivity index (χ3n) is 9.97. The third-order valence-corrected chi connectivity index (χ3v) is 10.3. The zero-order chi connectivity index (χ0) is 31.0. The quantitative estimate of drug-likeness (QED) is 0.332. The maximum Gasteiger partial charge on any atom is 0.253 e. The Labute approximate surface area is 255 Å². The van der Waals surface area contributed by atoms with E-state index in [9.17, 15) is 19.5 Å². The van der Waals surface area contributed by atoms with E-state index in [1.807, 2.05) is 34.6 Å². The van der Waals surface area contributed by atoms with Crippen LogP contribution in [0.4, 0.5) is 5.69 Å². The number of rotatable bonds is 13. The number of benzene rings is 1. The van der Waals surface area contributed by atoms with Crippen LogP contribution in [0, 0.1) is 23.7 Å². The lowest BCUT2D eigenvalue weighted by molar-refractivity contribution is -0.154. The number of nitrogens with zero attached hydrogens (tertiary/aromatic N) is 3. The van der Waals surface area contributed by atoms with Gasteiger partial charge in [-0.15, -0.1) is 13.2 Å². The van der Waals surface area contributed by atoms with Gasteiger partial charge in [0.15, 0.2) is 0 Å². The number of likely N-dealkylation sites (tertiary alicyclic amines) is 1. The highest BCUT2D eigenvalue weighted by molar-refractivity contribution is 6.34. The maximum atomic E-state index is 14.9. The Kier molecular flexibility index (Phi) is 9.60. The maximum absolute atomic E-state index is 14.9. The van der Waals surface area contributed by atoms with Crippen molar-refractivity contribution in [2.45, 2.75) is 77.2 Å². The van der Waals surface area contributed by atoms with Gasteiger partial charge in [0.05, 0.1) is 40.8 Å². The highest BCUT2D eigenvalue weighted by atomic mass is 35.5. The first kappa shape index (κ1) is 32.2. The van der Waals surface area contributed by atoms with E-state index >= 15 is 0 Å². The lowest BCUT2D eigenvalue weighted by Crippen LogP contribution is -2.60. The number of ether oxygens (including phenoxy) is 1. The van der Waals surface area contributed by atoms with E-state index in [0.717, 1.165) is 6.42 Å². The van der Waals surface area contributed by atoms with Crippen LogP contribution in [-0.2, 0) is 19.1 Å². The molecule has 8 atom stereocenters. The van der Waals surface area contributed by atoms with Crippen LogP contribution in [0.3, 0.4) is 0 Å². The van der Waals surface area contributed by atoms with Crippen molar-refractivity contribution < 1.29 is 24.2 Å². The first-order chi connectivity index (χ1) is 20.0. The molecule has 1 aromatic carbocycles. The van der Waals surface area contributed by atoms with Crippen LogP contribution in [0.5, 0.6) is 0 Å². The van der Waals surface area contributed by atoms with Gasteiger partial charge in [-0.1, -0.05) is 70.0 Å². The van der Waals surface area contributed by atoms with Gasteiger partial charge < -0.3 is 24.5 Å². The van der Waals surface area contributed by atoms with Crippen LogP contribution in [0.15, 0.2) is 49.6 Å². The van der Waals surface area contributed by atoms with Crippen LogP contribution in [-0.4, -0.2) is 82.2 Å². The van der Waals surface area contributed by atoms with Crippen LogP contribution >= 0.6 is 11.6 Å². The van der Waals surface area contributed by atoms with Gasteiger partial charge in [-0.3, -0.25) is 14.4 Å². The molecule has 230 valence electrons. The summed E-state index contributed by atoms with van der Waals surface area (Å²) in [5.41, 5.74) is -1.68. The normalized spacial score (nSPS) is 31.0. The van der Waals surface area contributed by atoms with Gasteiger partial charge in [-0.2, -0.15) is 0 Å². The summed E-state index contributed by atoms with van der Waals surface area (Å²) in [6, 6.07) is 5.38. The topological polar surface area (TPSA) is 90.4 Å². The number of aliphatic hydroxyl groups excluding tert-OH is 1. The Morgan fingerprint density at radius 1 is 1.21 bits per heavy atom. The lowest BCUT2D eigenvalue weighted by atomic mass is 9.62. The highest BCUT2D eigenvalue weighted by Crippen LogP contribution is 2.66. The molecular formula is C33H46ClN3O5. The van der Waals surface area contributed by atoms with Gasteiger partial charge in [0, 0.05) is 19.6 Å². The molecule has 1 aromatic rings. The molecule has 0 aliphatic carbocycles. The summed E-state index contributed by atoms with van der Waals surface area (Å²) in [7, 11) is 0. The molecule has 3 heterocycles. The molecular weight excluding hydrogens is 554 g/mol. The lowest BCUT2D eigenvalue weighted by Gasteiger charge is -2.41. The summed E-state index contributed by atoms with van der Waals surface area (Å²) < 4.78 is 6.94. The number of carbonyl (C=O) groups excluding carboxylic acids is 3. The number of carbonyl (C=O) groups is 3. The van der Waals surface area contributed by atoms with Crippen molar-refractivity contribution in [1.82, 2.24) is 9.80 Å². The van der Waals surface area contributed by atoms with Crippen molar-refractivity contribution in [2.75, 3.05) is 31.1 Å². The van der Waals surface area contributed by atoms with Gasteiger partial charge in [0.2, 0.25) is 11.8 Å². The van der Waals surface area contributed by atoms with Crippen LogP contribution in [0.2, 0.25) is 5.02 Å². The SMILES string of the molecule is C=CCN(CCC)C(=O)[C@@H]1[C@H]2C(=O)N([C@@H](CO)[C@@H](C)CC)C(C(=O)N(CC=C)c3ccccc3Cl)C23CC(C)[C@@]1(C)O3. The van der Waals surface area contributed by atoms with Crippen molar-refractivity contribution >= 4 is 35.0 Å². The van der Waals surface area contributed by atoms with Gasteiger partial charge in [-0.05, 0) is 43.7 Å². The second-order valence-corrected chi connectivity index (χ2v) is 12.8. The Hall–Kier alpha value is -2.68. The molecule has 3 saturated heterocycles. The summed E-state index contributed by atoms with van der Waals surface area (Å²) >= 11 is 6.59. The van der Waals surface area contributed by atoms with Gasteiger partial charge in [0.25, 0.3) is 5.91 Å². The Bertz CT molecular complexity index is 1220. The number of halogens is 1. The standard InChI is InChI=1S/C33H46ClN3O5/c1-8-16-35(17-9-2)29(39)26-27-30(40)37(25(20-38)21(5)11-4)28(33(27)19-22(6)32(26,7)42-33)31(41)36(18-10-3)24-15-13-12-14-23(24)34/h8,10,12-15,21-22,25-28,38H,1,3,9,11,16-20H2,2,4-7H3/t21-,22?,25-,26-,27-,28?,32+,33?/m0/s1. The molecule has 0 radical (unpaired) electrons. The van der Waals surface area contributed by atoms with Crippen LogP contribution < -0.4 is 4.90 Å². The third kappa shape index (κ3) is 4.89. The number of anilines is 1. The molecule has 42 heavy (non-hydrogen) atoms. The average Bonchev–Trinajstić information content (AvgIpc) is 3.48. The summed E-state index contributed by atoms with van der Waals surface area (Å²) in [5.74, 6) is -2.66. The zero-order valence-electron chi connectivity index (χ0n) is 25.6. The van der Waals surface area contributed by atoms with E-state index in [1.54, 1.807) is 51.1 Å². The zero-order valence-corrected chi connectivity index (χ0v) is 26.3. The van der Waals surface area contributed by atoms with Crippen molar-refractivity contribution in [1.29, 1.82) is 0 Å². The molecule has 3 fully saturated rings. The molecule has 3 unspecified atom stereocenters. The molecule has 9 heteroatoms. The average molecular weight is 600 g/mol. The molecule has 0 aromatic heterocycles. The second-order valence-electron chi connectivity index (χ2n) is 12.3. The largest absolute Gasteiger partial charge is 0.394 e. The fraction of sp³-hybridized carbons (Fsp3) is 0.606. The summed E-state index contributed by atoms with van der Waals surface area (Å²) in [4.78, 5) is 48.8. The summed E-state index contributed by atoms with van der Waals surface area (Å²) in [5, 5.41) is 11.1. The van der Waals surface area contributed by atoms with E-state index in [-0.39, 0.29) is 42.7 Å². The number of aliphatic hydroxyl groups is 1. The first-order valence-electron chi connectivity index (χ1n) is 15.2. The Morgan fingerprint density at radius 2 is 1.88 bits per heavy atom. The monoisotopic (exact) mass is 599 g/mol. The minimum Gasteiger partial charge on any atom is -0.394 e. The van der Waals surface area contributed by atoms with Crippen molar-refractivity contribution in [3.63, 3.8) is 0 Å². The minimum atomic E-state index is -1.24. The highest BCUT2D eigenvalue weighted by Gasteiger charge is 2.80. The molecule has 0 saturated carbocycles. The number of hydrogen-bond donors (Lipinski definition) is 1. The van der Waals surface area contributed by atoms with E-state index in [0.29, 0.717) is 36.6 Å². The predicted octanol–water partition coefficient (Wildman–Crippen LogP) is 4.70. The number of fused-ring (bicyclic) bond motifs is 1. The van der Waals surface area contributed by atoms with Crippen molar-refractivity contribution in [3.05, 3.63) is 54.6 Å². The summed E-state index contributed by atoms with van der Waals surface area (Å²) in [6.07, 6.45) is 5.20. The number of amides is 3. The van der Waals surface area contributed by atoms with Gasteiger partial charge in [0.1, 0.15) is 11.6 Å². The Morgan fingerprint density at radius 3 is 2.45 bits per heavy atom. The van der Waals surface area contributed by atoms with E-state index in [1.165, 1.54) is 0 Å². The molecule has 8 nitrogen and oxygen atoms in total.